The number of aliphatic hydroxyl groups excluding tert-OH is 1. The molecular formula is C10H14O3. The highest BCUT2D eigenvalue weighted by molar-refractivity contribution is 6.04. The Kier molecular flexibility index (Phi) is 2.39. The first kappa shape index (κ1) is 10.1. The van der Waals surface area contributed by atoms with Gasteiger partial charge in [-0.05, 0) is 18.8 Å². The Balaban J connectivity index is 3.23. The molecule has 0 radical (unpaired) electrons. The molecule has 13 heavy (non-hydrogen) atoms. The van der Waals surface area contributed by atoms with Crippen molar-refractivity contribution in [1.29, 1.82) is 0 Å². The standard InChI is InChI=1S/C10H14O3/c1-6-7(5-11)10(2,3)4-8(12)9(6)13/h5,8,12H,4H2,1-3H3. The summed E-state index contributed by atoms with van der Waals surface area (Å²) in [5.41, 5.74) is 0.528. The highest BCUT2D eigenvalue weighted by atomic mass is 16.3. The van der Waals surface area contributed by atoms with Crippen molar-refractivity contribution in [3.05, 3.63) is 11.1 Å². The van der Waals surface area contributed by atoms with E-state index in [1.807, 2.05) is 13.8 Å². The number of hydrogen-bond donors (Lipinski definition) is 1. The Morgan fingerprint density at radius 1 is 1.54 bits per heavy atom. The second-order valence-corrected chi connectivity index (χ2v) is 4.12. The first-order valence-electron chi connectivity index (χ1n) is 4.29. The average molecular weight is 182 g/mol. The Morgan fingerprint density at radius 2 is 2.08 bits per heavy atom. The molecular weight excluding hydrogens is 168 g/mol. The fourth-order valence-electron chi connectivity index (χ4n) is 1.82. The maximum atomic E-state index is 11.3. The quantitative estimate of drug-likeness (QED) is 0.612. The first-order chi connectivity index (χ1) is 5.90. The Hall–Kier alpha value is -0.960. The molecule has 0 saturated heterocycles. The summed E-state index contributed by atoms with van der Waals surface area (Å²) in [5.74, 6) is -0.318. The lowest BCUT2D eigenvalue weighted by Gasteiger charge is -2.33. The fourth-order valence-corrected chi connectivity index (χ4v) is 1.82. The second-order valence-electron chi connectivity index (χ2n) is 4.12. The molecule has 0 aromatic heterocycles. The number of aliphatic hydroxyl groups is 1. The van der Waals surface area contributed by atoms with Crippen LogP contribution < -0.4 is 0 Å². The third kappa shape index (κ3) is 1.56. The predicted molar refractivity (Wildman–Crippen MR) is 48.2 cm³/mol. The summed E-state index contributed by atoms with van der Waals surface area (Å²) in [7, 11) is 0. The minimum atomic E-state index is -0.946. The monoisotopic (exact) mass is 182 g/mol. The first-order valence-corrected chi connectivity index (χ1v) is 4.29. The van der Waals surface area contributed by atoms with Gasteiger partial charge in [-0.1, -0.05) is 13.8 Å². The van der Waals surface area contributed by atoms with Gasteiger partial charge in [0.15, 0.2) is 5.78 Å². The Morgan fingerprint density at radius 3 is 2.54 bits per heavy atom. The summed E-state index contributed by atoms with van der Waals surface area (Å²) in [6.07, 6.45) is 0.106. The highest BCUT2D eigenvalue weighted by Crippen LogP contribution is 2.37. The van der Waals surface area contributed by atoms with Gasteiger partial charge in [0.25, 0.3) is 0 Å². The van der Waals surface area contributed by atoms with Crippen molar-refractivity contribution < 1.29 is 14.7 Å². The number of Topliss-reactive ketones (excluding diaryl/α,β-unsaturated/α-hetero) is 1. The molecule has 72 valence electrons. The maximum Gasteiger partial charge on any atom is 0.187 e. The number of hydrogen-bond acceptors (Lipinski definition) is 3. The van der Waals surface area contributed by atoms with Crippen molar-refractivity contribution in [3.63, 3.8) is 0 Å². The zero-order chi connectivity index (χ0) is 10.2. The second kappa shape index (κ2) is 3.07. The third-order valence-corrected chi connectivity index (χ3v) is 2.63. The smallest absolute Gasteiger partial charge is 0.187 e. The van der Waals surface area contributed by atoms with Crippen LogP contribution in [0.5, 0.6) is 0 Å². The van der Waals surface area contributed by atoms with Gasteiger partial charge < -0.3 is 5.11 Å². The molecule has 3 nitrogen and oxygen atoms in total. The minimum absolute atomic E-state index is 0.318. The number of aldehydes is 1. The van der Waals surface area contributed by atoms with E-state index in [1.165, 1.54) is 0 Å². The maximum absolute atomic E-state index is 11.3. The molecule has 1 N–H and O–H groups in total. The molecule has 1 aliphatic rings. The summed E-state index contributed by atoms with van der Waals surface area (Å²) in [6.45, 7) is 5.31. The van der Waals surface area contributed by atoms with E-state index in [1.54, 1.807) is 6.92 Å². The van der Waals surface area contributed by atoms with Gasteiger partial charge in [0, 0.05) is 11.1 Å². The van der Waals surface area contributed by atoms with Gasteiger partial charge in [-0.15, -0.1) is 0 Å². The van der Waals surface area contributed by atoms with Crippen LogP contribution in [0.25, 0.3) is 0 Å². The van der Waals surface area contributed by atoms with Gasteiger partial charge in [-0.2, -0.15) is 0 Å². The molecule has 3 heteroatoms. The van der Waals surface area contributed by atoms with E-state index in [4.69, 9.17) is 0 Å². The van der Waals surface area contributed by atoms with Crippen LogP contribution in [-0.2, 0) is 9.59 Å². The molecule has 0 aliphatic heterocycles. The number of allylic oxidation sites excluding steroid dienone is 1. The summed E-state index contributed by atoms with van der Waals surface area (Å²) in [5, 5.41) is 9.40. The van der Waals surface area contributed by atoms with Crippen molar-refractivity contribution in [2.24, 2.45) is 5.41 Å². The molecule has 0 saturated carbocycles. The largest absolute Gasteiger partial charge is 0.385 e. The summed E-state index contributed by atoms with van der Waals surface area (Å²) < 4.78 is 0. The van der Waals surface area contributed by atoms with Gasteiger partial charge in [-0.25, -0.2) is 0 Å². The van der Waals surface area contributed by atoms with E-state index >= 15 is 0 Å². The molecule has 1 unspecified atom stereocenters. The topological polar surface area (TPSA) is 54.4 Å². The van der Waals surface area contributed by atoms with E-state index in [9.17, 15) is 14.7 Å². The number of rotatable bonds is 1. The van der Waals surface area contributed by atoms with Crippen LogP contribution in [0.2, 0.25) is 0 Å². The van der Waals surface area contributed by atoms with Crippen molar-refractivity contribution in [2.75, 3.05) is 0 Å². The Labute approximate surface area is 77.4 Å². The van der Waals surface area contributed by atoms with Crippen molar-refractivity contribution in [1.82, 2.24) is 0 Å². The van der Waals surface area contributed by atoms with Crippen LogP contribution in [0.15, 0.2) is 11.1 Å². The molecule has 1 rings (SSSR count). The summed E-state index contributed by atoms with van der Waals surface area (Å²) in [6, 6.07) is 0. The van der Waals surface area contributed by atoms with Crippen LogP contribution in [0.3, 0.4) is 0 Å². The van der Waals surface area contributed by atoms with Crippen LogP contribution in [0.4, 0.5) is 0 Å². The molecule has 0 spiro atoms. The van der Waals surface area contributed by atoms with Crippen molar-refractivity contribution in [3.8, 4) is 0 Å². The third-order valence-electron chi connectivity index (χ3n) is 2.63. The summed E-state index contributed by atoms with van der Waals surface area (Å²) >= 11 is 0. The van der Waals surface area contributed by atoms with Gasteiger partial charge in [0.1, 0.15) is 12.4 Å². The zero-order valence-electron chi connectivity index (χ0n) is 8.13. The van der Waals surface area contributed by atoms with Crippen LogP contribution in [-0.4, -0.2) is 23.3 Å². The number of carbonyl (C=O) groups excluding carboxylic acids is 2. The average Bonchev–Trinajstić information content (AvgIpc) is 2.00. The molecule has 1 atom stereocenters. The molecule has 0 bridgehead atoms. The lowest BCUT2D eigenvalue weighted by Crippen LogP contribution is -2.36. The molecule has 0 amide bonds. The molecule has 0 aromatic rings. The molecule has 0 heterocycles. The molecule has 0 aromatic carbocycles. The molecule has 0 fully saturated rings. The van der Waals surface area contributed by atoms with Crippen molar-refractivity contribution in [2.45, 2.75) is 33.3 Å². The fraction of sp³-hybridized carbons (Fsp3) is 0.600. The van der Waals surface area contributed by atoms with E-state index < -0.39 is 6.10 Å². The lowest BCUT2D eigenvalue weighted by molar-refractivity contribution is -0.126. The minimum Gasteiger partial charge on any atom is -0.385 e. The van der Waals surface area contributed by atoms with E-state index in [0.717, 1.165) is 6.29 Å². The predicted octanol–water partition coefficient (Wildman–Crippen LogP) is 0.862. The Bertz CT molecular complexity index is 287. The van der Waals surface area contributed by atoms with E-state index in [2.05, 4.69) is 0 Å². The van der Waals surface area contributed by atoms with Crippen LogP contribution in [0.1, 0.15) is 27.2 Å². The van der Waals surface area contributed by atoms with Gasteiger partial charge in [-0.3, -0.25) is 9.59 Å². The van der Waals surface area contributed by atoms with Crippen LogP contribution in [0, 0.1) is 5.41 Å². The van der Waals surface area contributed by atoms with Gasteiger partial charge >= 0.3 is 0 Å². The number of ketones is 1. The zero-order valence-corrected chi connectivity index (χ0v) is 8.13. The normalized spacial score (nSPS) is 27.7. The summed E-state index contributed by atoms with van der Waals surface area (Å²) in [4.78, 5) is 22.1. The van der Waals surface area contributed by atoms with E-state index in [-0.39, 0.29) is 11.2 Å². The SMILES string of the molecule is CC1=C(C=O)C(C)(C)CC(O)C1=O. The number of carbonyl (C=O) groups is 2. The molecule has 1 aliphatic carbocycles. The van der Waals surface area contributed by atoms with Gasteiger partial charge in [0.2, 0.25) is 0 Å². The van der Waals surface area contributed by atoms with Crippen molar-refractivity contribution >= 4 is 12.1 Å². The lowest BCUT2D eigenvalue weighted by atomic mass is 9.72. The van der Waals surface area contributed by atoms with Crippen LogP contribution >= 0.6 is 0 Å². The van der Waals surface area contributed by atoms with Gasteiger partial charge in [0.05, 0.1) is 0 Å². The highest BCUT2D eigenvalue weighted by Gasteiger charge is 2.37. The van der Waals surface area contributed by atoms with E-state index in [0.29, 0.717) is 17.6 Å².